The number of nitrogens with one attached hydrogen (secondary N) is 2. The number of piperidine rings is 2. The highest BCUT2D eigenvalue weighted by atomic mass is 15.0. The van der Waals surface area contributed by atoms with E-state index in [-0.39, 0.29) is 0 Å². The molecule has 0 bridgehead atoms. The topological polar surface area (TPSA) is 50.1 Å². The average Bonchev–Trinajstić information content (AvgIpc) is 2.30. The van der Waals surface area contributed by atoms with Crippen LogP contribution in [-0.2, 0) is 0 Å². The van der Waals surface area contributed by atoms with Crippen LogP contribution in [0.2, 0.25) is 0 Å². The van der Waals surface area contributed by atoms with Gasteiger partial charge in [0.25, 0.3) is 0 Å². The lowest BCUT2D eigenvalue weighted by Gasteiger charge is -2.42. The van der Waals surface area contributed by atoms with Crippen molar-refractivity contribution in [2.75, 3.05) is 19.6 Å². The first-order valence-corrected chi connectivity index (χ1v) is 6.48. The molecule has 2 aliphatic heterocycles. The smallest absolute Gasteiger partial charge is 0.0150 e. The monoisotopic (exact) mass is 211 g/mol. The van der Waals surface area contributed by atoms with Crippen molar-refractivity contribution in [3.8, 4) is 0 Å². The zero-order valence-electron chi connectivity index (χ0n) is 9.84. The molecular formula is C12H25N3. The van der Waals surface area contributed by atoms with Crippen molar-refractivity contribution in [3.63, 3.8) is 0 Å². The molecule has 4 N–H and O–H groups in total. The van der Waals surface area contributed by atoms with Crippen molar-refractivity contribution >= 4 is 0 Å². The van der Waals surface area contributed by atoms with Crippen molar-refractivity contribution in [2.45, 2.75) is 44.7 Å². The van der Waals surface area contributed by atoms with Crippen molar-refractivity contribution in [3.05, 3.63) is 0 Å². The highest BCUT2D eigenvalue weighted by Gasteiger charge is 2.33. The molecule has 0 aromatic carbocycles. The maximum atomic E-state index is 5.89. The minimum atomic E-state index is 0.659. The SMILES string of the molecule is CC1CCC(CN)C(C2CCCNC2)N1. The van der Waals surface area contributed by atoms with E-state index in [1.54, 1.807) is 0 Å². The highest BCUT2D eigenvalue weighted by molar-refractivity contribution is 4.91. The molecule has 3 heteroatoms. The third-order valence-corrected chi connectivity index (χ3v) is 4.10. The van der Waals surface area contributed by atoms with E-state index >= 15 is 0 Å². The fourth-order valence-corrected chi connectivity index (χ4v) is 3.16. The second-order valence-corrected chi connectivity index (χ2v) is 5.27. The molecule has 3 nitrogen and oxygen atoms in total. The maximum Gasteiger partial charge on any atom is 0.0150 e. The van der Waals surface area contributed by atoms with Crippen LogP contribution < -0.4 is 16.4 Å². The Bertz CT molecular complexity index is 189. The summed E-state index contributed by atoms with van der Waals surface area (Å²) in [6.45, 7) is 5.53. The summed E-state index contributed by atoms with van der Waals surface area (Å²) < 4.78 is 0. The molecular weight excluding hydrogens is 186 g/mol. The number of nitrogens with two attached hydrogens (primary N) is 1. The fraction of sp³-hybridized carbons (Fsp3) is 1.00. The van der Waals surface area contributed by atoms with E-state index in [1.807, 2.05) is 0 Å². The normalized spacial score (nSPS) is 42.8. The Morgan fingerprint density at radius 3 is 2.80 bits per heavy atom. The predicted molar refractivity (Wildman–Crippen MR) is 63.8 cm³/mol. The zero-order valence-corrected chi connectivity index (χ0v) is 9.84. The molecule has 2 heterocycles. The van der Waals surface area contributed by atoms with Gasteiger partial charge in [-0.05, 0) is 64.1 Å². The van der Waals surface area contributed by atoms with Crippen molar-refractivity contribution in [1.82, 2.24) is 10.6 Å². The molecule has 0 radical (unpaired) electrons. The Morgan fingerprint density at radius 2 is 2.13 bits per heavy atom. The van der Waals surface area contributed by atoms with Crippen molar-refractivity contribution in [1.29, 1.82) is 0 Å². The Balaban J connectivity index is 1.95. The van der Waals surface area contributed by atoms with Crippen LogP contribution in [0.3, 0.4) is 0 Å². The molecule has 0 spiro atoms. The minimum absolute atomic E-state index is 0.659. The summed E-state index contributed by atoms with van der Waals surface area (Å²) >= 11 is 0. The summed E-state index contributed by atoms with van der Waals surface area (Å²) in [6.07, 6.45) is 5.30. The molecule has 2 saturated heterocycles. The molecule has 4 atom stereocenters. The standard InChI is InChI=1S/C12H25N3/c1-9-4-5-10(7-13)12(15-9)11-3-2-6-14-8-11/h9-12,14-15H,2-8,13H2,1H3. The lowest BCUT2D eigenvalue weighted by molar-refractivity contribution is 0.160. The summed E-state index contributed by atoms with van der Waals surface area (Å²) in [4.78, 5) is 0. The first kappa shape index (κ1) is 11.4. The van der Waals surface area contributed by atoms with Gasteiger partial charge in [0.2, 0.25) is 0 Å². The van der Waals surface area contributed by atoms with Gasteiger partial charge < -0.3 is 16.4 Å². The quantitative estimate of drug-likeness (QED) is 0.630. The van der Waals surface area contributed by atoms with E-state index in [2.05, 4.69) is 17.6 Å². The summed E-state index contributed by atoms with van der Waals surface area (Å²) in [6, 6.07) is 1.34. The Hall–Kier alpha value is -0.120. The molecule has 88 valence electrons. The first-order chi connectivity index (χ1) is 7.31. The lowest BCUT2D eigenvalue weighted by Crippen LogP contribution is -2.55. The summed E-state index contributed by atoms with van der Waals surface area (Å²) in [5, 5.41) is 7.28. The predicted octanol–water partition coefficient (Wildman–Crippen LogP) is 0.701. The van der Waals surface area contributed by atoms with Crippen LogP contribution in [0, 0.1) is 11.8 Å². The van der Waals surface area contributed by atoms with Crippen LogP contribution in [0.1, 0.15) is 32.6 Å². The van der Waals surface area contributed by atoms with Crippen molar-refractivity contribution in [2.24, 2.45) is 17.6 Å². The second kappa shape index (κ2) is 5.28. The van der Waals surface area contributed by atoms with Gasteiger partial charge in [-0.3, -0.25) is 0 Å². The first-order valence-electron chi connectivity index (χ1n) is 6.48. The summed E-state index contributed by atoms with van der Waals surface area (Å²) in [7, 11) is 0. The molecule has 15 heavy (non-hydrogen) atoms. The molecule has 0 aliphatic carbocycles. The van der Waals surface area contributed by atoms with E-state index in [9.17, 15) is 0 Å². The minimum Gasteiger partial charge on any atom is -0.330 e. The second-order valence-electron chi connectivity index (χ2n) is 5.27. The van der Waals surface area contributed by atoms with Gasteiger partial charge in [0.1, 0.15) is 0 Å². The zero-order chi connectivity index (χ0) is 10.7. The van der Waals surface area contributed by atoms with Gasteiger partial charge in [-0.2, -0.15) is 0 Å². The van der Waals surface area contributed by atoms with Gasteiger partial charge in [-0.15, -0.1) is 0 Å². The molecule has 0 aromatic heterocycles. The van der Waals surface area contributed by atoms with Gasteiger partial charge in [0, 0.05) is 12.1 Å². The molecule has 0 aromatic rings. The van der Waals surface area contributed by atoms with E-state index in [4.69, 9.17) is 5.73 Å². The molecule has 0 saturated carbocycles. The molecule has 0 amide bonds. The third kappa shape index (κ3) is 2.71. The van der Waals surface area contributed by atoms with Gasteiger partial charge in [0.05, 0.1) is 0 Å². The van der Waals surface area contributed by atoms with Crippen LogP contribution in [0.5, 0.6) is 0 Å². The van der Waals surface area contributed by atoms with Crippen LogP contribution in [-0.4, -0.2) is 31.7 Å². The Labute approximate surface area is 93.2 Å². The van der Waals surface area contributed by atoms with Crippen molar-refractivity contribution < 1.29 is 0 Å². The largest absolute Gasteiger partial charge is 0.330 e. The van der Waals surface area contributed by atoms with E-state index in [0.29, 0.717) is 18.0 Å². The van der Waals surface area contributed by atoms with Gasteiger partial charge in [0.15, 0.2) is 0 Å². The summed E-state index contributed by atoms with van der Waals surface area (Å²) in [5.41, 5.74) is 5.89. The third-order valence-electron chi connectivity index (χ3n) is 4.10. The molecule has 2 aliphatic rings. The number of rotatable bonds is 2. The summed E-state index contributed by atoms with van der Waals surface area (Å²) in [5.74, 6) is 1.50. The number of hydrogen-bond acceptors (Lipinski definition) is 3. The van der Waals surface area contributed by atoms with Gasteiger partial charge >= 0.3 is 0 Å². The maximum absolute atomic E-state index is 5.89. The fourth-order valence-electron chi connectivity index (χ4n) is 3.16. The molecule has 2 rings (SSSR count). The van der Waals surface area contributed by atoms with Crippen LogP contribution in [0.15, 0.2) is 0 Å². The average molecular weight is 211 g/mol. The van der Waals surface area contributed by atoms with E-state index in [0.717, 1.165) is 12.5 Å². The van der Waals surface area contributed by atoms with Gasteiger partial charge in [-0.25, -0.2) is 0 Å². The van der Waals surface area contributed by atoms with Gasteiger partial charge in [-0.1, -0.05) is 0 Å². The lowest BCUT2D eigenvalue weighted by atomic mass is 9.78. The Kier molecular flexibility index (Phi) is 4.00. The van der Waals surface area contributed by atoms with E-state index in [1.165, 1.54) is 38.8 Å². The van der Waals surface area contributed by atoms with Crippen LogP contribution in [0.4, 0.5) is 0 Å². The van der Waals surface area contributed by atoms with Crippen LogP contribution >= 0.6 is 0 Å². The van der Waals surface area contributed by atoms with E-state index < -0.39 is 0 Å². The number of hydrogen-bond donors (Lipinski definition) is 3. The van der Waals surface area contributed by atoms with Crippen LogP contribution in [0.25, 0.3) is 0 Å². The highest BCUT2D eigenvalue weighted by Crippen LogP contribution is 2.27. The Morgan fingerprint density at radius 1 is 1.27 bits per heavy atom. The molecule has 4 unspecified atom stereocenters. The molecule has 2 fully saturated rings.